The van der Waals surface area contributed by atoms with Crippen LogP contribution in [0.4, 0.5) is 5.82 Å². The minimum Gasteiger partial charge on any atom is -0.482 e. The van der Waals surface area contributed by atoms with Crippen LogP contribution in [0, 0.1) is 13.0 Å². The minimum absolute atomic E-state index is 0. The number of aryl methyl sites for hydroxylation is 1. The molecule has 0 atom stereocenters. The van der Waals surface area contributed by atoms with E-state index < -0.39 is 0 Å². The van der Waals surface area contributed by atoms with Crippen molar-refractivity contribution in [1.29, 1.82) is 0 Å². The molecule has 0 aliphatic rings. The number of pyridine rings is 2. The molecule has 0 N–H and O–H groups in total. The zero-order chi connectivity index (χ0) is 30.4. The third-order valence-electron chi connectivity index (χ3n) is 7.63. The third kappa shape index (κ3) is 6.88. The van der Waals surface area contributed by atoms with Gasteiger partial charge in [-0.05, 0) is 45.9 Å². The van der Waals surface area contributed by atoms with Crippen molar-refractivity contribution in [3.63, 3.8) is 0 Å². The maximum atomic E-state index is 5.24. The molecule has 0 saturated carbocycles. The van der Waals surface area contributed by atoms with Gasteiger partial charge in [0.15, 0.2) is 0 Å². The minimum atomic E-state index is -0.178. The molecular weight excluding hydrogens is 710 g/mol. The van der Waals surface area contributed by atoms with Crippen LogP contribution in [0.25, 0.3) is 33.5 Å². The number of para-hydroxylation sites is 1. The molecule has 5 rings (SSSR count). The van der Waals surface area contributed by atoms with E-state index in [1.165, 1.54) is 5.56 Å². The number of hydrogen-bond donors (Lipinski definition) is 0. The first-order chi connectivity index (χ1) is 19.6. The molecule has 0 amide bonds. The topological polar surface area (TPSA) is 65.1 Å². The van der Waals surface area contributed by atoms with Gasteiger partial charge in [-0.15, -0.1) is 47.2 Å². The first kappa shape index (κ1) is 32.5. The Hall–Kier alpha value is -3.43. The molecule has 224 valence electrons. The Morgan fingerprint density at radius 3 is 2.14 bits per heavy atom. The summed E-state index contributed by atoms with van der Waals surface area (Å²) in [5.74, 6) is 0.655. The molecule has 5 aromatic rings. The van der Waals surface area contributed by atoms with E-state index in [4.69, 9.17) is 15.0 Å². The molecule has 0 fully saturated rings. The van der Waals surface area contributed by atoms with Crippen molar-refractivity contribution in [3.8, 4) is 22.6 Å². The number of benzene rings is 2. The average Bonchev–Trinajstić information content (AvgIpc) is 2.91. The molecule has 0 radical (unpaired) electrons. The van der Waals surface area contributed by atoms with Crippen molar-refractivity contribution < 1.29 is 21.1 Å². The third-order valence-corrected chi connectivity index (χ3v) is 7.63. The van der Waals surface area contributed by atoms with Crippen LogP contribution in [0.15, 0.2) is 72.0 Å². The van der Waals surface area contributed by atoms with Crippen molar-refractivity contribution in [2.24, 2.45) is 4.99 Å². The molecule has 5 nitrogen and oxygen atoms in total. The van der Waals surface area contributed by atoms with Crippen molar-refractivity contribution in [3.05, 3.63) is 101 Å². The van der Waals surface area contributed by atoms with E-state index in [9.17, 15) is 0 Å². The molecule has 3 aromatic heterocycles. The predicted molar refractivity (Wildman–Crippen MR) is 173 cm³/mol. The van der Waals surface area contributed by atoms with Gasteiger partial charge >= 0.3 is 21.1 Å². The van der Waals surface area contributed by atoms with Crippen LogP contribution in [0.2, 0.25) is 0 Å². The van der Waals surface area contributed by atoms with Crippen LogP contribution in [-0.4, -0.2) is 15.0 Å². The van der Waals surface area contributed by atoms with E-state index in [-0.39, 0.29) is 37.3 Å². The standard InChI is InChI=1S/C37H41N5.Pt/c1-23-13-11-16-26-31(23)38-22-39-32(26)30-20-18-28(37(8,9)10)34(41-30)42-33-27(36(5,6)7)17-19-29(40-33)24-14-12-15-25(21-24)35(2,3)4;/h11-13,15-22H,1-10H3;/q-2;+2. The van der Waals surface area contributed by atoms with Gasteiger partial charge in [-0.2, -0.15) is 0 Å². The molecule has 0 saturated heterocycles. The van der Waals surface area contributed by atoms with Crippen molar-refractivity contribution in [2.45, 2.75) is 85.5 Å². The molecule has 43 heavy (non-hydrogen) atoms. The summed E-state index contributed by atoms with van der Waals surface area (Å²) in [5.41, 5.74) is 9.12. The predicted octanol–water partition coefficient (Wildman–Crippen LogP) is 8.55. The largest absolute Gasteiger partial charge is 2.00 e. The molecule has 0 aliphatic carbocycles. The van der Waals surface area contributed by atoms with Gasteiger partial charge < -0.3 is 9.98 Å². The molecule has 3 heterocycles. The summed E-state index contributed by atoms with van der Waals surface area (Å²) < 4.78 is 0. The summed E-state index contributed by atoms with van der Waals surface area (Å²) in [7, 11) is 0. The van der Waals surface area contributed by atoms with Crippen LogP contribution in [-0.2, 0) is 37.3 Å². The van der Waals surface area contributed by atoms with Gasteiger partial charge in [0.05, 0.1) is 22.7 Å². The number of hydrogen-bond acceptors (Lipinski definition) is 4. The Balaban J connectivity index is 0.00000423. The summed E-state index contributed by atoms with van der Waals surface area (Å²) >= 11 is 0. The van der Waals surface area contributed by atoms with Crippen LogP contribution in [0.3, 0.4) is 0 Å². The smallest absolute Gasteiger partial charge is 0.482 e. The average molecular weight is 751 g/mol. The van der Waals surface area contributed by atoms with Gasteiger partial charge in [0.1, 0.15) is 6.33 Å². The summed E-state index contributed by atoms with van der Waals surface area (Å²) in [6.45, 7) is 21.9. The number of rotatable bonds is 3. The molecule has 2 aromatic carbocycles. The van der Waals surface area contributed by atoms with Crippen LogP contribution in [0.5, 0.6) is 0 Å². The molecule has 0 aliphatic heterocycles. The normalized spacial score (nSPS) is 12.8. The van der Waals surface area contributed by atoms with Crippen LogP contribution < -0.4 is 10.5 Å². The fourth-order valence-electron chi connectivity index (χ4n) is 5.14. The van der Waals surface area contributed by atoms with Crippen LogP contribution in [0.1, 0.15) is 84.6 Å². The summed E-state index contributed by atoms with van der Waals surface area (Å²) in [5, 5.41) is 0.976. The van der Waals surface area contributed by atoms with Gasteiger partial charge in [-0.25, -0.2) is 9.97 Å². The molecule has 0 bridgehead atoms. The van der Waals surface area contributed by atoms with Gasteiger partial charge in [0.2, 0.25) is 0 Å². The zero-order valence-corrected chi connectivity index (χ0v) is 29.2. The first-order valence-electron chi connectivity index (χ1n) is 14.6. The fourth-order valence-corrected chi connectivity index (χ4v) is 5.14. The van der Waals surface area contributed by atoms with E-state index in [1.807, 2.05) is 18.2 Å². The Morgan fingerprint density at radius 1 is 0.767 bits per heavy atom. The van der Waals surface area contributed by atoms with Gasteiger partial charge in [-0.3, -0.25) is 4.98 Å². The second-order valence-corrected chi connectivity index (χ2v) is 14.2. The fraction of sp³-hybridized carbons (Fsp3) is 0.351. The number of aromatic nitrogens is 4. The SMILES string of the molecule is Cc1cccc2c(-c3ccc(C(C)(C)C)c(/N=c4\[n-]c(-c5[c-]ccc(C(C)(C)C)c5)ccc4C(C)(C)C)n3)ncnc12.[Pt+2]. The molecular formula is C37H41N5Pt. The number of fused-ring (bicyclic) bond motifs is 1. The number of nitrogens with zero attached hydrogens (tertiary/aromatic N) is 5. The van der Waals surface area contributed by atoms with E-state index in [0.29, 0.717) is 11.3 Å². The van der Waals surface area contributed by atoms with Crippen molar-refractivity contribution >= 4 is 16.7 Å². The Morgan fingerprint density at radius 2 is 1.47 bits per heavy atom. The quantitative estimate of drug-likeness (QED) is 0.174. The molecule has 0 spiro atoms. The summed E-state index contributed by atoms with van der Waals surface area (Å²) in [4.78, 5) is 24.7. The molecule has 6 heteroatoms. The molecule has 0 unspecified atom stereocenters. The Kier molecular flexibility index (Phi) is 9.01. The van der Waals surface area contributed by atoms with Crippen molar-refractivity contribution in [2.75, 3.05) is 0 Å². The Labute approximate surface area is 270 Å². The maximum Gasteiger partial charge on any atom is 2.00 e. The van der Waals surface area contributed by atoms with E-state index >= 15 is 0 Å². The van der Waals surface area contributed by atoms with Crippen LogP contribution >= 0.6 is 0 Å². The zero-order valence-electron chi connectivity index (χ0n) is 26.9. The summed E-state index contributed by atoms with van der Waals surface area (Å²) in [6, 6.07) is 24.3. The monoisotopic (exact) mass is 750 g/mol. The Bertz CT molecular complexity index is 1850. The van der Waals surface area contributed by atoms with Gasteiger partial charge in [-0.1, -0.05) is 98.1 Å². The maximum absolute atomic E-state index is 5.24. The first-order valence-corrected chi connectivity index (χ1v) is 14.6. The summed E-state index contributed by atoms with van der Waals surface area (Å²) in [6.07, 6.45) is 1.62. The van der Waals surface area contributed by atoms with Gasteiger partial charge in [0.25, 0.3) is 0 Å². The second kappa shape index (κ2) is 11.9. The van der Waals surface area contributed by atoms with Gasteiger partial charge in [0, 0.05) is 5.39 Å². The second-order valence-electron chi connectivity index (χ2n) is 14.2. The van der Waals surface area contributed by atoms with E-state index in [2.05, 4.69) is 128 Å². The van der Waals surface area contributed by atoms with E-state index in [0.717, 1.165) is 50.2 Å². The van der Waals surface area contributed by atoms with Crippen molar-refractivity contribution in [1.82, 2.24) is 19.9 Å². The van der Waals surface area contributed by atoms with E-state index in [1.54, 1.807) is 6.33 Å².